The highest BCUT2D eigenvalue weighted by molar-refractivity contribution is 5.68. The predicted molar refractivity (Wildman–Crippen MR) is 76.9 cm³/mol. The van der Waals surface area contributed by atoms with Crippen molar-refractivity contribution in [2.45, 2.75) is 51.6 Å². The van der Waals surface area contributed by atoms with Crippen LogP contribution in [0.1, 0.15) is 43.2 Å². The lowest BCUT2D eigenvalue weighted by atomic mass is 9.85. The predicted octanol–water partition coefficient (Wildman–Crippen LogP) is 2.99. The maximum absolute atomic E-state index is 10.4. The van der Waals surface area contributed by atoms with Crippen LogP contribution in [-0.4, -0.2) is 17.3 Å². The van der Waals surface area contributed by atoms with Crippen molar-refractivity contribution in [2.24, 2.45) is 0 Å². The summed E-state index contributed by atoms with van der Waals surface area (Å²) in [5.74, 6) is 0. The van der Waals surface area contributed by atoms with Gasteiger partial charge in [0.05, 0.1) is 17.0 Å². The van der Waals surface area contributed by atoms with Gasteiger partial charge in [-0.05, 0) is 49.9 Å². The monoisotopic (exact) mass is 248 g/mol. The SMILES string of the molecule is Cc1cc(N)c(NCC2(O)CCCCC2)cc1C. The van der Waals surface area contributed by atoms with Crippen molar-refractivity contribution in [3.8, 4) is 0 Å². The summed E-state index contributed by atoms with van der Waals surface area (Å²) in [6, 6.07) is 4.05. The number of benzene rings is 1. The van der Waals surface area contributed by atoms with E-state index in [9.17, 15) is 5.11 Å². The Morgan fingerprint density at radius 3 is 2.44 bits per heavy atom. The van der Waals surface area contributed by atoms with Crippen molar-refractivity contribution in [1.82, 2.24) is 0 Å². The van der Waals surface area contributed by atoms with Gasteiger partial charge in [-0.3, -0.25) is 0 Å². The number of hydrogen-bond donors (Lipinski definition) is 3. The summed E-state index contributed by atoms with van der Waals surface area (Å²) in [6.45, 7) is 4.74. The van der Waals surface area contributed by atoms with Gasteiger partial charge in [-0.15, -0.1) is 0 Å². The second kappa shape index (κ2) is 5.19. The van der Waals surface area contributed by atoms with E-state index in [1.165, 1.54) is 17.5 Å². The molecule has 1 fully saturated rings. The molecule has 0 aromatic heterocycles. The average Bonchev–Trinajstić information content (AvgIpc) is 2.33. The third-order valence-electron chi connectivity index (χ3n) is 4.06. The lowest BCUT2D eigenvalue weighted by molar-refractivity contribution is 0.0167. The zero-order valence-corrected chi connectivity index (χ0v) is 11.4. The Balaban J connectivity index is 2.03. The standard InChI is InChI=1S/C15H24N2O/c1-11-8-13(16)14(9-12(11)2)17-10-15(18)6-4-3-5-7-15/h8-9,17-18H,3-7,10,16H2,1-2H3. The number of aliphatic hydroxyl groups is 1. The summed E-state index contributed by atoms with van der Waals surface area (Å²) in [5.41, 5.74) is 9.58. The molecule has 100 valence electrons. The van der Waals surface area contributed by atoms with Crippen LogP contribution in [0.5, 0.6) is 0 Å². The highest BCUT2D eigenvalue weighted by Crippen LogP contribution is 2.29. The van der Waals surface area contributed by atoms with Crippen molar-refractivity contribution in [3.63, 3.8) is 0 Å². The first-order valence-corrected chi connectivity index (χ1v) is 6.83. The molecule has 3 nitrogen and oxygen atoms in total. The van der Waals surface area contributed by atoms with Crippen LogP contribution >= 0.6 is 0 Å². The molecule has 1 aliphatic carbocycles. The fourth-order valence-electron chi connectivity index (χ4n) is 2.64. The Labute approximate surface area is 109 Å². The van der Waals surface area contributed by atoms with Gasteiger partial charge in [0.25, 0.3) is 0 Å². The summed E-state index contributed by atoms with van der Waals surface area (Å²) in [5, 5.41) is 13.8. The van der Waals surface area contributed by atoms with E-state index in [-0.39, 0.29) is 0 Å². The maximum atomic E-state index is 10.4. The van der Waals surface area contributed by atoms with Gasteiger partial charge in [0.15, 0.2) is 0 Å². The minimum atomic E-state index is -0.552. The van der Waals surface area contributed by atoms with Crippen LogP contribution in [0, 0.1) is 13.8 Å². The zero-order chi connectivity index (χ0) is 13.2. The second-order valence-corrected chi connectivity index (χ2v) is 5.66. The first-order chi connectivity index (χ1) is 8.50. The largest absolute Gasteiger partial charge is 0.397 e. The Morgan fingerprint density at radius 1 is 1.17 bits per heavy atom. The van der Waals surface area contributed by atoms with E-state index < -0.39 is 5.60 Å². The number of nitrogen functional groups attached to an aromatic ring is 1. The molecule has 0 unspecified atom stereocenters. The normalized spacial score (nSPS) is 18.6. The third kappa shape index (κ3) is 2.96. The molecule has 1 saturated carbocycles. The van der Waals surface area contributed by atoms with Crippen LogP contribution in [-0.2, 0) is 0 Å². The molecular formula is C15H24N2O. The number of rotatable bonds is 3. The van der Waals surface area contributed by atoms with E-state index in [2.05, 4.69) is 25.2 Å². The van der Waals surface area contributed by atoms with Gasteiger partial charge in [-0.1, -0.05) is 19.3 Å². The molecular weight excluding hydrogens is 224 g/mol. The smallest absolute Gasteiger partial charge is 0.0819 e. The average molecular weight is 248 g/mol. The van der Waals surface area contributed by atoms with Crippen LogP contribution in [0.3, 0.4) is 0 Å². The third-order valence-corrected chi connectivity index (χ3v) is 4.06. The number of nitrogens with two attached hydrogens (primary N) is 1. The van der Waals surface area contributed by atoms with E-state index in [4.69, 9.17) is 5.73 Å². The zero-order valence-electron chi connectivity index (χ0n) is 11.4. The van der Waals surface area contributed by atoms with E-state index >= 15 is 0 Å². The summed E-state index contributed by atoms with van der Waals surface area (Å²) >= 11 is 0. The molecule has 1 aromatic rings. The van der Waals surface area contributed by atoms with Crippen molar-refractivity contribution in [1.29, 1.82) is 0 Å². The van der Waals surface area contributed by atoms with Gasteiger partial charge in [0, 0.05) is 6.54 Å². The fraction of sp³-hybridized carbons (Fsp3) is 0.600. The Morgan fingerprint density at radius 2 is 1.78 bits per heavy atom. The molecule has 0 saturated heterocycles. The van der Waals surface area contributed by atoms with Gasteiger partial charge in [-0.25, -0.2) is 0 Å². The molecule has 0 radical (unpaired) electrons. The van der Waals surface area contributed by atoms with E-state index in [0.29, 0.717) is 6.54 Å². The Kier molecular flexibility index (Phi) is 3.81. The molecule has 2 rings (SSSR count). The van der Waals surface area contributed by atoms with E-state index in [0.717, 1.165) is 37.1 Å². The van der Waals surface area contributed by atoms with Gasteiger partial charge < -0.3 is 16.2 Å². The van der Waals surface area contributed by atoms with Crippen LogP contribution in [0.2, 0.25) is 0 Å². The lowest BCUT2D eigenvalue weighted by Gasteiger charge is -2.32. The molecule has 1 aromatic carbocycles. The molecule has 1 aliphatic rings. The van der Waals surface area contributed by atoms with E-state index in [1.54, 1.807) is 0 Å². The summed E-state index contributed by atoms with van der Waals surface area (Å²) in [7, 11) is 0. The summed E-state index contributed by atoms with van der Waals surface area (Å²) in [4.78, 5) is 0. The van der Waals surface area contributed by atoms with Crippen molar-refractivity contribution in [3.05, 3.63) is 23.3 Å². The number of hydrogen-bond acceptors (Lipinski definition) is 3. The fourth-order valence-corrected chi connectivity index (χ4v) is 2.64. The highest BCUT2D eigenvalue weighted by Gasteiger charge is 2.28. The highest BCUT2D eigenvalue weighted by atomic mass is 16.3. The minimum absolute atomic E-state index is 0.552. The van der Waals surface area contributed by atoms with Crippen LogP contribution in [0.4, 0.5) is 11.4 Å². The lowest BCUT2D eigenvalue weighted by Crippen LogP contribution is -2.38. The molecule has 0 heterocycles. The van der Waals surface area contributed by atoms with Crippen LogP contribution < -0.4 is 11.1 Å². The Hall–Kier alpha value is -1.22. The van der Waals surface area contributed by atoms with Gasteiger partial charge >= 0.3 is 0 Å². The molecule has 0 atom stereocenters. The first kappa shape index (κ1) is 13.2. The molecule has 0 aliphatic heterocycles. The summed E-state index contributed by atoms with van der Waals surface area (Å²) < 4.78 is 0. The number of aryl methyl sites for hydroxylation is 2. The van der Waals surface area contributed by atoms with E-state index in [1.807, 2.05) is 6.07 Å². The maximum Gasteiger partial charge on any atom is 0.0819 e. The number of nitrogens with one attached hydrogen (secondary N) is 1. The van der Waals surface area contributed by atoms with Gasteiger partial charge in [0.2, 0.25) is 0 Å². The van der Waals surface area contributed by atoms with Crippen molar-refractivity contribution < 1.29 is 5.11 Å². The Bertz CT molecular complexity index is 423. The molecule has 3 heteroatoms. The number of anilines is 2. The summed E-state index contributed by atoms with van der Waals surface area (Å²) in [6.07, 6.45) is 5.28. The molecule has 0 bridgehead atoms. The van der Waals surface area contributed by atoms with Crippen LogP contribution in [0.15, 0.2) is 12.1 Å². The van der Waals surface area contributed by atoms with Gasteiger partial charge in [0.1, 0.15) is 0 Å². The second-order valence-electron chi connectivity index (χ2n) is 5.66. The quantitative estimate of drug-likeness (QED) is 0.721. The first-order valence-electron chi connectivity index (χ1n) is 6.83. The molecule has 18 heavy (non-hydrogen) atoms. The van der Waals surface area contributed by atoms with Crippen LogP contribution in [0.25, 0.3) is 0 Å². The van der Waals surface area contributed by atoms with Crippen molar-refractivity contribution in [2.75, 3.05) is 17.6 Å². The van der Waals surface area contributed by atoms with Gasteiger partial charge in [-0.2, -0.15) is 0 Å². The minimum Gasteiger partial charge on any atom is -0.397 e. The van der Waals surface area contributed by atoms with Crippen molar-refractivity contribution >= 4 is 11.4 Å². The topological polar surface area (TPSA) is 58.3 Å². The molecule has 0 spiro atoms. The molecule has 4 N–H and O–H groups in total. The molecule has 0 amide bonds.